The van der Waals surface area contributed by atoms with Crippen molar-refractivity contribution in [3.05, 3.63) is 17.0 Å². The zero-order valence-electron chi connectivity index (χ0n) is 12.7. The third kappa shape index (κ3) is 4.21. The van der Waals surface area contributed by atoms with E-state index in [4.69, 9.17) is 11.6 Å². The molecule has 1 aliphatic rings. The second-order valence-corrected chi connectivity index (χ2v) is 9.44. The van der Waals surface area contributed by atoms with E-state index in [0.29, 0.717) is 22.6 Å². The zero-order chi connectivity index (χ0) is 15.5. The Balaban J connectivity index is 2.24. The molecule has 1 aromatic rings. The second kappa shape index (κ2) is 7.44. The molecule has 0 amide bonds. The normalized spacial score (nSPS) is 17.2. The number of halogens is 1. The van der Waals surface area contributed by atoms with Crippen LogP contribution in [0.3, 0.4) is 0 Å². The minimum Gasteiger partial charge on any atom is -0.206 e. The lowest BCUT2D eigenvalue weighted by atomic mass is 10.1. The van der Waals surface area contributed by atoms with Crippen LogP contribution in [-0.2, 0) is 15.9 Å². The Kier molecular flexibility index (Phi) is 6.12. The number of rotatable bonds is 7. The Morgan fingerprint density at radius 1 is 1.38 bits per heavy atom. The minimum absolute atomic E-state index is 0.176. The standard InChI is InChI=1S/C15H24ClNO2S2/c1-12(2)7-8-17(14-5-3-4-6-14)21(18,19)15-9-13(10-16)11-20-15/h9,11-12,14H,3-8,10H2,1-2H3. The summed E-state index contributed by atoms with van der Waals surface area (Å²) in [6.45, 7) is 4.89. The Morgan fingerprint density at radius 3 is 2.57 bits per heavy atom. The summed E-state index contributed by atoms with van der Waals surface area (Å²) in [6.07, 6.45) is 5.16. The third-order valence-electron chi connectivity index (χ3n) is 4.01. The lowest BCUT2D eigenvalue weighted by molar-refractivity contribution is 0.305. The van der Waals surface area contributed by atoms with E-state index in [2.05, 4.69) is 13.8 Å². The SMILES string of the molecule is CC(C)CCN(C1CCCC1)S(=O)(=O)c1cc(CCl)cs1. The number of thiophene rings is 1. The topological polar surface area (TPSA) is 37.4 Å². The molecule has 0 bridgehead atoms. The molecular weight excluding hydrogens is 326 g/mol. The Hall–Kier alpha value is -0.100. The molecule has 3 nitrogen and oxygen atoms in total. The van der Waals surface area contributed by atoms with Gasteiger partial charge in [-0.15, -0.1) is 22.9 Å². The fraction of sp³-hybridized carbons (Fsp3) is 0.733. The molecule has 21 heavy (non-hydrogen) atoms. The molecule has 0 unspecified atom stereocenters. The predicted octanol–water partition coefficient (Wildman–Crippen LogP) is 4.47. The van der Waals surface area contributed by atoms with Crippen molar-refractivity contribution in [1.82, 2.24) is 4.31 Å². The van der Waals surface area contributed by atoms with Gasteiger partial charge in [-0.25, -0.2) is 8.42 Å². The van der Waals surface area contributed by atoms with E-state index < -0.39 is 10.0 Å². The maximum atomic E-state index is 13.0. The van der Waals surface area contributed by atoms with Crippen LogP contribution in [0, 0.1) is 5.92 Å². The van der Waals surface area contributed by atoms with Crippen LogP contribution in [0.25, 0.3) is 0 Å². The predicted molar refractivity (Wildman–Crippen MR) is 89.5 cm³/mol. The van der Waals surface area contributed by atoms with Gasteiger partial charge in [0, 0.05) is 18.5 Å². The summed E-state index contributed by atoms with van der Waals surface area (Å²) in [7, 11) is -3.38. The van der Waals surface area contributed by atoms with Crippen LogP contribution >= 0.6 is 22.9 Å². The van der Waals surface area contributed by atoms with Gasteiger partial charge in [0.1, 0.15) is 4.21 Å². The van der Waals surface area contributed by atoms with Crippen molar-refractivity contribution < 1.29 is 8.42 Å². The molecular formula is C15H24ClNO2S2. The first-order chi connectivity index (χ1) is 9.95. The van der Waals surface area contributed by atoms with Gasteiger partial charge in [0.05, 0.1) is 0 Å². The van der Waals surface area contributed by atoms with Crippen LogP contribution in [0.2, 0.25) is 0 Å². The van der Waals surface area contributed by atoms with Gasteiger partial charge in [-0.3, -0.25) is 0 Å². The lowest BCUT2D eigenvalue weighted by Gasteiger charge is -2.28. The summed E-state index contributed by atoms with van der Waals surface area (Å²) in [5.74, 6) is 0.868. The summed E-state index contributed by atoms with van der Waals surface area (Å²) in [5.41, 5.74) is 0.885. The van der Waals surface area contributed by atoms with Gasteiger partial charge >= 0.3 is 0 Å². The molecule has 1 aliphatic carbocycles. The van der Waals surface area contributed by atoms with Crippen molar-refractivity contribution in [2.75, 3.05) is 6.54 Å². The molecule has 1 aromatic heterocycles. The molecule has 0 saturated heterocycles. The van der Waals surface area contributed by atoms with Gasteiger partial charge in [-0.2, -0.15) is 4.31 Å². The number of nitrogens with zero attached hydrogens (tertiary/aromatic N) is 1. The lowest BCUT2D eigenvalue weighted by Crippen LogP contribution is -2.39. The fourth-order valence-electron chi connectivity index (χ4n) is 2.75. The number of hydrogen-bond acceptors (Lipinski definition) is 3. The highest BCUT2D eigenvalue weighted by Gasteiger charge is 2.33. The summed E-state index contributed by atoms with van der Waals surface area (Å²) in [5, 5.41) is 1.84. The zero-order valence-corrected chi connectivity index (χ0v) is 15.1. The molecule has 6 heteroatoms. The van der Waals surface area contributed by atoms with Crippen LogP contribution < -0.4 is 0 Å². The number of hydrogen-bond donors (Lipinski definition) is 0. The second-order valence-electron chi connectivity index (χ2n) is 6.14. The Morgan fingerprint density at radius 2 is 2.05 bits per heavy atom. The van der Waals surface area contributed by atoms with E-state index in [1.165, 1.54) is 11.3 Å². The molecule has 0 aromatic carbocycles. The van der Waals surface area contributed by atoms with Gasteiger partial charge < -0.3 is 0 Å². The Labute approximate surface area is 137 Å². The van der Waals surface area contributed by atoms with Gasteiger partial charge in [0.2, 0.25) is 0 Å². The van der Waals surface area contributed by atoms with Crippen LogP contribution in [0.4, 0.5) is 0 Å². The van der Waals surface area contributed by atoms with Crippen molar-refractivity contribution >= 4 is 33.0 Å². The Bertz CT molecular complexity index is 548. The summed E-state index contributed by atoms with van der Waals surface area (Å²) in [4.78, 5) is 0. The molecule has 0 aliphatic heterocycles. The molecule has 0 atom stereocenters. The van der Waals surface area contributed by atoms with Crippen molar-refractivity contribution in [2.24, 2.45) is 5.92 Å². The molecule has 120 valence electrons. The summed E-state index contributed by atoms with van der Waals surface area (Å²) in [6, 6.07) is 1.90. The molecule has 1 heterocycles. The maximum absolute atomic E-state index is 13.0. The highest BCUT2D eigenvalue weighted by atomic mass is 35.5. The van der Waals surface area contributed by atoms with Gasteiger partial charge in [-0.05, 0) is 42.2 Å². The van der Waals surface area contributed by atoms with Crippen LogP contribution in [0.5, 0.6) is 0 Å². The van der Waals surface area contributed by atoms with Crippen LogP contribution in [-0.4, -0.2) is 25.3 Å². The average molecular weight is 350 g/mol. The third-order valence-corrected chi connectivity index (χ3v) is 7.73. The first kappa shape index (κ1) is 17.3. The van der Waals surface area contributed by atoms with E-state index >= 15 is 0 Å². The molecule has 1 fully saturated rings. The highest BCUT2D eigenvalue weighted by molar-refractivity contribution is 7.91. The highest BCUT2D eigenvalue weighted by Crippen LogP contribution is 2.32. The molecule has 0 spiro atoms. The largest absolute Gasteiger partial charge is 0.252 e. The van der Waals surface area contributed by atoms with Crippen LogP contribution in [0.1, 0.15) is 51.5 Å². The van der Waals surface area contributed by atoms with Gasteiger partial charge in [-0.1, -0.05) is 26.7 Å². The van der Waals surface area contributed by atoms with Crippen molar-refractivity contribution in [3.63, 3.8) is 0 Å². The first-order valence-electron chi connectivity index (χ1n) is 7.60. The smallest absolute Gasteiger partial charge is 0.206 e. The average Bonchev–Trinajstić information content (AvgIpc) is 3.09. The molecule has 0 radical (unpaired) electrons. The van der Waals surface area contributed by atoms with Crippen molar-refractivity contribution in [2.45, 2.75) is 62.1 Å². The van der Waals surface area contributed by atoms with E-state index in [1.54, 1.807) is 10.4 Å². The first-order valence-corrected chi connectivity index (χ1v) is 10.5. The quantitative estimate of drug-likeness (QED) is 0.681. The van der Waals surface area contributed by atoms with Gasteiger partial charge in [0.15, 0.2) is 0 Å². The fourth-order valence-corrected chi connectivity index (χ4v) is 6.03. The minimum atomic E-state index is -3.38. The molecule has 1 saturated carbocycles. The molecule has 2 rings (SSSR count). The van der Waals surface area contributed by atoms with Crippen molar-refractivity contribution in [1.29, 1.82) is 0 Å². The van der Waals surface area contributed by atoms with E-state index in [0.717, 1.165) is 37.7 Å². The molecule has 0 N–H and O–H groups in total. The van der Waals surface area contributed by atoms with Crippen molar-refractivity contribution in [3.8, 4) is 0 Å². The van der Waals surface area contributed by atoms with E-state index in [9.17, 15) is 8.42 Å². The summed E-state index contributed by atoms with van der Waals surface area (Å²) >= 11 is 7.09. The van der Waals surface area contributed by atoms with Crippen LogP contribution in [0.15, 0.2) is 15.7 Å². The summed E-state index contributed by atoms with van der Waals surface area (Å²) < 4.78 is 28.1. The van der Waals surface area contributed by atoms with E-state index in [1.807, 2.05) is 5.38 Å². The van der Waals surface area contributed by atoms with Gasteiger partial charge in [0.25, 0.3) is 10.0 Å². The maximum Gasteiger partial charge on any atom is 0.252 e. The number of sulfonamides is 1. The monoisotopic (exact) mass is 349 g/mol. The van der Waals surface area contributed by atoms with E-state index in [-0.39, 0.29) is 6.04 Å². The number of alkyl halides is 1.